The molecule has 0 aromatic carbocycles. The molecular weight excluding hydrogens is 483 g/mol. The molecule has 0 radical (unpaired) electrons. The number of hydrogen-bond donors (Lipinski definition) is 2. The van der Waals surface area contributed by atoms with Crippen molar-refractivity contribution in [3.05, 3.63) is 0 Å². The molecule has 0 aliphatic carbocycles. The quantitative estimate of drug-likeness (QED) is 0.152. The highest BCUT2D eigenvalue weighted by Crippen LogP contribution is 2.52. The molecule has 16 heteroatoms. The number of carbonyl (C=O) groups excluding carboxylic acids is 2. The van der Waals surface area contributed by atoms with Gasteiger partial charge in [0.1, 0.15) is 13.2 Å². The molecule has 2 amide bonds. The summed E-state index contributed by atoms with van der Waals surface area (Å²) in [5.41, 5.74) is 0. The van der Waals surface area contributed by atoms with E-state index in [-0.39, 0.29) is 25.9 Å². The molecule has 0 spiro atoms. The Hall–Kier alpha value is -1.12. The monoisotopic (exact) mass is 500 g/mol. The minimum atomic E-state index is -6.48. The molecule has 0 bridgehead atoms. The lowest BCUT2D eigenvalue weighted by atomic mass is 9.99. The molecule has 178 valence electrons. The first-order valence-corrected chi connectivity index (χ1v) is 8.87. The number of nitrogens with one attached hydrogen (secondary N) is 2. The minimum absolute atomic E-state index is 0.190. The van der Waals surface area contributed by atoms with Gasteiger partial charge in [-0.3, -0.25) is 9.59 Å². The number of rotatable bonds is 15. The van der Waals surface area contributed by atoms with Crippen LogP contribution in [0.25, 0.3) is 0 Å². The predicted octanol–water partition coefficient (Wildman–Crippen LogP) is 4.24. The highest BCUT2D eigenvalue weighted by atomic mass is 35.5. The number of alkyl halides is 8. The van der Waals surface area contributed by atoms with Gasteiger partial charge in [0.2, 0.25) is 0 Å². The van der Waals surface area contributed by atoms with Crippen molar-refractivity contribution in [1.82, 2.24) is 10.6 Å². The second kappa shape index (κ2) is 12.1. The lowest BCUT2D eigenvalue weighted by Crippen LogP contribution is -2.64. The average molecular weight is 501 g/mol. The Morgan fingerprint density at radius 1 is 0.667 bits per heavy atom. The van der Waals surface area contributed by atoms with E-state index in [9.17, 15) is 44.7 Å². The summed E-state index contributed by atoms with van der Waals surface area (Å²) in [6.07, 6.45) is -0.380. The van der Waals surface area contributed by atoms with Gasteiger partial charge in [0.25, 0.3) is 0 Å². The Balaban J connectivity index is 4.76. The Morgan fingerprint density at radius 3 is 1.23 bits per heavy atom. The van der Waals surface area contributed by atoms with Crippen molar-refractivity contribution >= 4 is 33.9 Å². The van der Waals surface area contributed by atoms with Crippen LogP contribution in [0.4, 0.5) is 44.7 Å². The van der Waals surface area contributed by atoms with Crippen LogP contribution >= 0.6 is 23.2 Å². The van der Waals surface area contributed by atoms with E-state index in [1.807, 2.05) is 10.6 Å². The number of carbonyl (C=O) groups is 2. The zero-order valence-corrected chi connectivity index (χ0v) is 16.6. The van der Waals surface area contributed by atoms with E-state index in [4.69, 9.17) is 23.2 Å². The van der Waals surface area contributed by atoms with Gasteiger partial charge in [-0.05, 0) is 36.0 Å². The van der Waals surface area contributed by atoms with Crippen LogP contribution in [0.15, 0.2) is 0 Å². The van der Waals surface area contributed by atoms with Crippen LogP contribution in [0.2, 0.25) is 0 Å². The maximum atomic E-state index is 13.6. The molecule has 6 nitrogen and oxygen atoms in total. The van der Waals surface area contributed by atoms with Gasteiger partial charge in [-0.1, -0.05) is 0 Å². The van der Waals surface area contributed by atoms with E-state index in [0.717, 1.165) is 0 Å². The summed E-state index contributed by atoms with van der Waals surface area (Å²) in [4.78, 5) is 20.7. The zero-order valence-electron chi connectivity index (χ0n) is 15.1. The first-order valence-electron chi connectivity index (χ1n) is 8.12. The van der Waals surface area contributed by atoms with Gasteiger partial charge in [0.05, 0.1) is 0 Å². The lowest BCUT2D eigenvalue weighted by Gasteiger charge is -2.36. The topological polar surface area (TPSA) is 76.7 Å². The van der Waals surface area contributed by atoms with Gasteiger partial charge in [-0.15, -0.1) is 0 Å². The maximum absolute atomic E-state index is 13.6. The van der Waals surface area contributed by atoms with Gasteiger partial charge < -0.3 is 20.1 Å². The molecule has 0 saturated heterocycles. The highest BCUT2D eigenvalue weighted by Gasteiger charge is 2.80. The molecule has 0 saturated carbocycles. The van der Waals surface area contributed by atoms with Crippen molar-refractivity contribution in [2.45, 2.75) is 36.5 Å². The summed E-state index contributed by atoms with van der Waals surface area (Å²) >= 11 is 9.79. The number of hydrogen-bond acceptors (Lipinski definition) is 4. The van der Waals surface area contributed by atoms with Gasteiger partial charge in [-0.25, -0.2) is 0 Å². The van der Waals surface area contributed by atoms with Crippen LogP contribution in [-0.4, -0.2) is 73.9 Å². The molecule has 0 aliphatic heterocycles. The van der Waals surface area contributed by atoms with Crippen LogP contribution in [0, 0.1) is 0 Å². The molecule has 0 rings (SSSR count). The summed E-state index contributed by atoms with van der Waals surface area (Å²) in [7, 11) is 0. The largest absolute Gasteiger partial charge is 0.380 e. The van der Waals surface area contributed by atoms with Gasteiger partial charge in [0.15, 0.2) is 0 Å². The summed E-state index contributed by atoms with van der Waals surface area (Å²) in [5.74, 6) is -24.3. The Labute approximate surface area is 175 Å². The third-order valence-electron chi connectivity index (χ3n) is 3.34. The molecule has 0 aliphatic rings. The van der Waals surface area contributed by atoms with E-state index in [1.165, 1.54) is 0 Å². The zero-order chi connectivity index (χ0) is 23.6. The van der Waals surface area contributed by atoms with E-state index >= 15 is 0 Å². The smallest absolute Gasteiger partial charge is 0.375 e. The van der Waals surface area contributed by atoms with E-state index in [2.05, 4.69) is 9.47 Å². The molecule has 2 N–H and O–H groups in total. The van der Waals surface area contributed by atoms with Gasteiger partial charge >= 0.3 is 34.4 Å². The van der Waals surface area contributed by atoms with Crippen LogP contribution < -0.4 is 10.6 Å². The first-order chi connectivity index (χ1) is 13.6. The molecule has 30 heavy (non-hydrogen) atoms. The van der Waals surface area contributed by atoms with Crippen LogP contribution in [0.1, 0.15) is 12.8 Å². The molecule has 0 heterocycles. The first kappa shape index (κ1) is 28.9. The molecule has 0 atom stereocenters. The average Bonchev–Trinajstić information content (AvgIpc) is 2.59. The Morgan fingerprint density at radius 2 is 0.967 bits per heavy atom. The SMILES string of the molecule is O=C(Cl)NCCCOCC(F)(F)C(F)(F)C(F)(F)C(F)(F)COCCCNC(=O)Cl. The molecule has 0 aromatic rings. The van der Waals surface area contributed by atoms with Crippen molar-refractivity contribution in [2.75, 3.05) is 39.5 Å². The second-order valence-electron chi connectivity index (χ2n) is 5.77. The van der Waals surface area contributed by atoms with E-state index in [0.29, 0.717) is 0 Å². The minimum Gasteiger partial charge on any atom is -0.375 e. The third-order valence-corrected chi connectivity index (χ3v) is 3.61. The van der Waals surface area contributed by atoms with Crippen LogP contribution in [-0.2, 0) is 9.47 Å². The van der Waals surface area contributed by atoms with Gasteiger partial charge in [0, 0.05) is 26.3 Å². The summed E-state index contributed by atoms with van der Waals surface area (Å²) in [6, 6.07) is 0. The maximum Gasteiger partial charge on any atom is 0.380 e. The van der Waals surface area contributed by atoms with Crippen molar-refractivity contribution in [3.63, 3.8) is 0 Å². The fourth-order valence-electron chi connectivity index (χ4n) is 1.76. The van der Waals surface area contributed by atoms with Crippen molar-refractivity contribution in [1.29, 1.82) is 0 Å². The number of halogens is 10. The lowest BCUT2D eigenvalue weighted by molar-refractivity contribution is -0.376. The summed E-state index contributed by atoms with van der Waals surface area (Å²) < 4.78 is 117. The molecule has 0 unspecified atom stereocenters. The van der Waals surface area contributed by atoms with Crippen molar-refractivity contribution < 1.29 is 54.2 Å². The fraction of sp³-hybridized carbons (Fsp3) is 0.857. The van der Waals surface area contributed by atoms with Crippen molar-refractivity contribution in [2.24, 2.45) is 0 Å². The van der Waals surface area contributed by atoms with Crippen molar-refractivity contribution in [3.8, 4) is 0 Å². The molecule has 0 aromatic heterocycles. The van der Waals surface area contributed by atoms with Crippen LogP contribution in [0.5, 0.6) is 0 Å². The number of amides is 2. The van der Waals surface area contributed by atoms with Crippen LogP contribution in [0.3, 0.4) is 0 Å². The van der Waals surface area contributed by atoms with E-state index in [1.54, 1.807) is 0 Å². The third kappa shape index (κ3) is 8.55. The summed E-state index contributed by atoms with van der Waals surface area (Å²) in [5, 5.41) is 2.04. The molecule has 0 fully saturated rings. The Bertz CT molecular complexity index is 522. The van der Waals surface area contributed by atoms with E-state index < -0.39 is 60.9 Å². The van der Waals surface area contributed by atoms with Gasteiger partial charge in [-0.2, -0.15) is 35.1 Å². The molecular formula is C14H18Cl2F8N2O4. The normalized spacial score (nSPS) is 13.3. The standard InChI is InChI=1S/C14H18Cl2F8N2O4/c15-9(27)25-3-1-5-29-7-11(17,18)13(21,22)14(23,24)12(19,20)8-30-6-2-4-26-10(16)28/h1-8H2,(H,25,27)(H,26,28). The second-order valence-corrected chi connectivity index (χ2v) is 6.46. The Kier molecular flexibility index (Phi) is 11.6. The highest BCUT2D eigenvalue weighted by molar-refractivity contribution is 6.63. The fourth-order valence-corrected chi connectivity index (χ4v) is 1.95. The summed E-state index contributed by atoms with van der Waals surface area (Å²) in [6.45, 7) is -6.28. The predicted molar refractivity (Wildman–Crippen MR) is 89.2 cm³/mol. The number of ether oxygens (including phenoxy) is 2.